The monoisotopic (exact) mass is 839 g/mol. The molecule has 0 bridgehead atoms. The highest BCUT2D eigenvalue weighted by molar-refractivity contribution is 5.73. The number of aliphatic hydroxyl groups excluding tert-OH is 15. The largest absolute Gasteiger partial charge is 0.394 e. The number of hydrogen-bond donors (Lipinski definition) is 16. The lowest BCUT2D eigenvalue weighted by Gasteiger charge is -2.50. The molecule has 5 aliphatic rings. The van der Waals surface area contributed by atoms with Gasteiger partial charge in [-0.25, -0.2) is 0 Å². The van der Waals surface area contributed by atoms with Gasteiger partial charge in [-0.2, -0.15) is 0 Å². The van der Waals surface area contributed by atoms with Crippen molar-refractivity contribution in [1.29, 1.82) is 0 Å². The summed E-state index contributed by atoms with van der Waals surface area (Å²) in [5.41, 5.74) is 0. The molecule has 0 saturated carbocycles. The van der Waals surface area contributed by atoms with Crippen molar-refractivity contribution in [3.63, 3.8) is 0 Å². The molecule has 26 nitrogen and oxygen atoms in total. The number of amides is 1. The van der Waals surface area contributed by atoms with Crippen LogP contribution in [0.15, 0.2) is 0 Å². The van der Waals surface area contributed by atoms with Crippen LogP contribution in [0, 0.1) is 0 Å². The van der Waals surface area contributed by atoms with E-state index in [1.54, 1.807) is 0 Å². The zero-order valence-electron chi connectivity index (χ0n) is 30.2. The summed E-state index contributed by atoms with van der Waals surface area (Å²) < 4.78 is 51.1. The van der Waals surface area contributed by atoms with Gasteiger partial charge in [0.1, 0.15) is 116 Å². The maximum absolute atomic E-state index is 11.9. The molecule has 332 valence electrons. The molecular weight excluding hydrogens is 786 g/mol. The third kappa shape index (κ3) is 10.0. The molecule has 5 aliphatic heterocycles. The lowest BCUT2D eigenvalue weighted by Crippen LogP contribution is -2.69. The van der Waals surface area contributed by atoms with E-state index in [0.29, 0.717) is 0 Å². The van der Waals surface area contributed by atoms with Crippen molar-refractivity contribution in [1.82, 2.24) is 5.32 Å². The van der Waals surface area contributed by atoms with E-state index in [2.05, 4.69) is 5.32 Å². The van der Waals surface area contributed by atoms with Crippen LogP contribution in [0.2, 0.25) is 0 Å². The van der Waals surface area contributed by atoms with Gasteiger partial charge in [0.15, 0.2) is 31.5 Å². The first-order valence-corrected chi connectivity index (χ1v) is 18.0. The molecule has 1 amide bonds. The zero-order chi connectivity index (χ0) is 42.0. The molecule has 26 heteroatoms. The fraction of sp³-hybridized carbons (Fsp3) is 0.968. The minimum atomic E-state index is -2.09. The highest BCUT2D eigenvalue weighted by atomic mass is 16.8. The van der Waals surface area contributed by atoms with Crippen LogP contribution < -0.4 is 5.32 Å². The summed E-state index contributed by atoms with van der Waals surface area (Å²) in [6.07, 6.45) is -42.7. The number of aliphatic hydroxyl groups is 15. The summed E-state index contributed by atoms with van der Waals surface area (Å²) >= 11 is 0. The van der Waals surface area contributed by atoms with E-state index in [1.807, 2.05) is 0 Å². The van der Waals surface area contributed by atoms with Crippen molar-refractivity contribution in [2.45, 2.75) is 154 Å². The van der Waals surface area contributed by atoms with Gasteiger partial charge in [0.2, 0.25) is 5.91 Å². The smallest absolute Gasteiger partial charge is 0.217 e. The molecule has 5 fully saturated rings. The normalized spacial score (nSPS) is 51.0. The highest BCUT2D eigenvalue weighted by Crippen LogP contribution is 2.36. The highest BCUT2D eigenvalue weighted by Gasteiger charge is 2.57. The van der Waals surface area contributed by atoms with E-state index in [9.17, 15) is 81.4 Å². The van der Waals surface area contributed by atoms with Gasteiger partial charge >= 0.3 is 0 Å². The van der Waals surface area contributed by atoms with Crippen LogP contribution in [0.4, 0.5) is 0 Å². The number of nitrogens with one attached hydrogen (secondary N) is 1. The summed E-state index contributed by atoms with van der Waals surface area (Å²) in [6, 6.07) is -1.59. The summed E-state index contributed by atoms with van der Waals surface area (Å²) in [7, 11) is 0. The van der Waals surface area contributed by atoms with Crippen molar-refractivity contribution < 1.29 is 124 Å². The van der Waals surface area contributed by atoms with Crippen molar-refractivity contribution in [3.8, 4) is 0 Å². The first-order chi connectivity index (χ1) is 26.9. The average molecular weight is 840 g/mol. The van der Waals surface area contributed by atoms with Gasteiger partial charge < -0.3 is 125 Å². The Labute approximate surface area is 322 Å². The van der Waals surface area contributed by atoms with Gasteiger partial charge in [-0.15, -0.1) is 0 Å². The number of hydrogen-bond acceptors (Lipinski definition) is 25. The van der Waals surface area contributed by atoms with Crippen molar-refractivity contribution in [2.75, 3.05) is 33.0 Å². The van der Waals surface area contributed by atoms with E-state index >= 15 is 0 Å². The molecule has 16 N–H and O–H groups in total. The van der Waals surface area contributed by atoms with E-state index in [1.165, 1.54) is 0 Å². The summed E-state index contributed by atoms with van der Waals surface area (Å²) in [5.74, 6) is -0.733. The van der Waals surface area contributed by atoms with Gasteiger partial charge in [0.05, 0.1) is 33.0 Å². The second kappa shape index (κ2) is 19.9. The van der Waals surface area contributed by atoms with Gasteiger partial charge in [-0.1, -0.05) is 0 Å². The first kappa shape index (κ1) is 46.6. The number of carbonyl (C=O) groups excluding carboxylic acids is 1. The molecule has 57 heavy (non-hydrogen) atoms. The Morgan fingerprint density at radius 1 is 0.526 bits per heavy atom. The van der Waals surface area contributed by atoms with Gasteiger partial charge in [-0.3, -0.25) is 4.79 Å². The third-order valence-electron chi connectivity index (χ3n) is 10.3. The molecule has 0 aromatic heterocycles. The molecule has 0 spiro atoms. The molecule has 0 aromatic rings. The SMILES string of the molecule is CC(=O)N[C@@H]1[C@@H](O)[C@H](O[C@@H]2O[C@H](CO[C@H]3O[C@H](CO)[C@@H](O)[C@H](O)[C@@H]3O)[C@@H](O)[C@H](O[C@H]3O[C@H](CO)[C@@H](O)[C@H](O)[C@@H]3O)[C@@H]2O[C@@H]2OC[C@@H](O)[C@H](O)[C@H]2O)[C@@H](CO)O[C@H]1O. The summed E-state index contributed by atoms with van der Waals surface area (Å²) in [5, 5.41) is 159. The van der Waals surface area contributed by atoms with E-state index in [4.69, 9.17) is 42.6 Å². The minimum absolute atomic E-state index is 0.615. The van der Waals surface area contributed by atoms with Crippen LogP contribution in [0.25, 0.3) is 0 Å². The number of ether oxygens (including phenoxy) is 9. The van der Waals surface area contributed by atoms with E-state index in [-0.39, 0.29) is 0 Å². The van der Waals surface area contributed by atoms with Crippen molar-refractivity contribution >= 4 is 5.91 Å². The van der Waals surface area contributed by atoms with Gasteiger partial charge in [0.25, 0.3) is 0 Å². The maximum Gasteiger partial charge on any atom is 0.217 e. The second-order valence-corrected chi connectivity index (χ2v) is 14.3. The Balaban J connectivity index is 1.52. The quantitative estimate of drug-likeness (QED) is 0.0818. The Morgan fingerprint density at radius 2 is 1.04 bits per heavy atom. The lowest BCUT2D eigenvalue weighted by molar-refractivity contribution is -0.401. The van der Waals surface area contributed by atoms with Crippen LogP contribution in [0.1, 0.15) is 6.92 Å². The Morgan fingerprint density at radius 3 is 1.61 bits per heavy atom. The Bertz CT molecular complexity index is 1270. The van der Waals surface area contributed by atoms with Crippen LogP contribution >= 0.6 is 0 Å². The number of carbonyl (C=O) groups is 1. The zero-order valence-corrected chi connectivity index (χ0v) is 30.2. The fourth-order valence-electron chi connectivity index (χ4n) is 7.02. The summed E-state index contributed by atoms with van der Waals surface area (Å²) in [6.45, 7) is -3.08. The Kier molecular flexibility index (Phi) is 16.3. The van der Waals surface area contributed by atoms with Crippen LogP contribution in [-0.2, 0) is 47.4 Å². The molecule has 5 rings (SSSR count). The Hall–Kier alpha value is -1.49. The molecule has 0 aliphatic carbocycles. The molecule has 24 atom stereocenters. The maximum atomic E-state index is 11.9. The number of rotatable bonds is 13. The molecule has 0 radical (unpaired) electrons. The molecule has 0 unspecified atom stereocenters. The standard InChI is InChI=1S/C31H53NO25/c1-7(36)32-13-18(42)24(11(4-35)51-27(13)48)55-31-26(57-29-21(45)14(38)8(37)5-49-29)25(56-30-23(47)20(44)16(40)10(3-34)53-30)17(41)12(54-31)6-50-28-22(46)19(43)15(39)9(2-33)52-28/h8-31,33-35,37-48H,2-6H2,1H3,(H,32,36)/t8-,9-,10-,11-,12-,13-,14+,15-,16-,17-,18-,19+,20+,21-,22+,23+,24-,25+,26+,27-,28+,29+,30-,31+/m1/s1. The molecule has 5 saturated heterocycles. The predicted molar refractivity (Wildman–Crippen MR) is 172 cm³/mol. The lowest BCUT2D eigenvalue weighted by atomic mass is 9.94. The fourth-order valence-corrected chi connectivity index (χ4v) is 7.02. The minimum Gasteiger partial charge on any atom is -0.394 e. The summed E-state index contributed by atoms with van der Waals surface area (Å²) in [4.78, 5) is 11.9. The third-order valence-corrected chi connectivity index (χ3v) is 10.3. The second-order valence-electron chi connectivity index (χ2n) is 14.3. The van der Waals surface area contributed by atoms with E-state index < -0.39 is 186 Å². The van der Waals surface area contributed by atoms with Crippen molar-refractivity contribution in [2.24, 2.45) is 0 Å². The van der Waals surface area contributed by atoms with Crippen LogP contribution in [-0.4, -0.2) is 263 Å². The van der Waals surface area contributed by atoms with Gasteiger partial charge in [0, 0.05) is 6.92 Å². The molecular formula is C31H53NO25. The average Bonchev–Trinajstić information content (AvgIpc) is 3.18. The molecule has 5 heterocycles. The first-order valence-electron chi connectivity index (χ1n) is 18.0. The van der Waals surface area contributed by atoms with Crippen LogP contribution in [0.3, 0.4) is 0 Å². The van der Waals surface area contributed by atoms with Crippen molar-refractivity contribution in [3.05, 3.63) is 0 Å². The van der Waals surface area contributed by atoms with Crippen LogP contribution in [0.5, 0.6) is 0 Å². The topological polar surface area (TPSA) is 416 Å². The predicted octanol–water partition coefficient (Wildman–Crippen LogP) is -11.1. The van der Waals surface area contributed by atoms with E-state index in [0.717, 1.165) is 6.92 Å². The van der Waals surface area contributed by atoms with Gasteiger partial charge in [-0.05, 0) is 0 Å². The molecule has 0 aromatic carbocycles.